The summed E-state index contributed by atoms with van der Waals surface area (Å²) in [6, 6.07) is 2.01. The van der Waals surface area contributed by atoms with Crippen LogP contribution in [0.4, 0.5) is 23.7 Å². The van der Waals surface area contributed by atoms with Gasteiger partial charge in [0.1, 0.15) is 12.1 Å². The Kier molecular flexibility index (Phi) is 7.89. The van der Waals surface area contributed by atoms with Crippen molar-refractivity contribution in [2.75, 3.05) is 18.4 Å². The predicted molar refractivity (Wildman–Crippen MR) is 156 cm³/mol. The Labute approximate surface area is 254 Å². The summed E-state index contributed by atoms with van der Waals surface area (Å²) in [5, 5.41) is 7.04. The lowest BCUT2D eigenvalue weighted by atomic mass is 9.66. The average molecular weight is 668 g/mol. The molecule has 3 heterocycles. The van der Waals surface area contributed by atoms with E-state index >= 15 is 0 Å². The number of ether oxygens (including phenoxy) is 1. The number of nitrogens with one attached hydrogen (secondary N) is 1. The number of hydrogen-bond donors (Lipinski definition) is 1. The number of piperidine rings is 1. The molecule has 2 aliphatic rings. The molecule has 0 radical (unpaired) electrons. The summed E-state index contributed by atoms with van der Waals surface area (Å²) in [6.07, 6.45) is -1.75. The van der Waals surface area contributed by atoms with Crippen molar-refractivity contribution in [1.82, 2.24) is 24.1 Å². The first-order valence-electron chi connectivity index (χ1n) is 14.1. The highest BCUT2D eigenvalue weighted by atomic mass is 79.9. The summed E-state index contributed by atoms with van der Waals surface area (Å²) in [7, 11) is 0. The first-order valence-corrected chi connectivity index (χ1v) is 14.9. The Morgan fingerprint density at radius 1 is 1.09 bits per heavy atom. The third-order valence-electron chi connectivity index (χ3n) is 8.22. The highest BCUT2D eigenvalue weighted by Gasteiger charge is 2.45. The van der Waals surface area contributed by atoms with E-state index in [0.29, 0.717) is 49.3 Å². The van der Waals surface area contributed by atoms with Gasteiger partial charge in [0.15, 0.2) is 0 Å². The number of benzene rings is 1. The van der Waals surface area contributed by atoms with Gasteiger partial charge in [0, 0.05) is 35.4 Å². The van der Waals surface area contributed by atoms with E-state index in [2.05, 4.69) is 31.3 Å². The van der Waals surface area contributed by atoms with Crippen molar-refractivity contribution in [1.29, 1.82) is 0 Å². The van der Waals surface area contributed by atoms with E-state index in [9.17, 15) is 27.6 Å². The molecule has 3 aromatic rings. The van der Waals surface area contributed by atoms with Crippen LogP contribution in [0.5, 0.6) is 0 Å². The number of aromatic nitrogens is 4. The maximum Gasteiger partial charge on any atom is 0.416 e. The molecular weight excluding hydrogens is 633 g/mol. The van der Waals surface area contributed by atoms with Crippen LogP contribution in [0.25, 0.3) is 5.78 Å². The number of rotatable bonds is 3. The molecule has 1 saturated heterocycles. The smallest absolute Gasteiger partial charge is 0.416 e. The van der Waals surface area contributed by atoms with Crippen molar-refractivity contribution in [3.63, 3.8) is 0 Å². The van der Waals surface area contributed by atoms with Gasteiger partial charge in [-0.3, -0.25) is 9.59 Å². The van der Waals surface area contributed by atoms with Crippen molar-refractivity contribution in [3.8, 4) is 0 Å². The summed E-state index contributed by atoms with van der Waals surface area (Å²) in [5.41, 5.74) is -0.101. The first-order chi connectivity index (χ1) is 20.0. The number of hydrogen-bond acceptors (Lipinski definition) is 6. The van der Waals surface area contributed by atoms with Gasteiger partial charge in [-0.2, -0.15) is 22.7 Å². The normalized spacial score (nSPS) is 16.8. The summed E-state index contributed by atoms with van der Waals surface area (Å²) in [5.74, 6) is -0.285. The summed E-state index contributed by atoms with van der Waals surface area (Å²) in [4.78, 5) is 46.1. The molecule has 5 rings (SSSR count). The number of nitrogens with zero attached hydrogens (tertiary/aromatic N) is 5. The van der Waals surface area contributed by atoms with Crippen LogP contribution in [0.2, 0.25) is 0 Å². The van der Waals surface area contributed by atoms with Crippen LogP contribution in [0.3, 0.4) is 0 Å². The lowest BCUT2D eigenvalue weighted by Gasteiger charge is -2.45. The molecule has 2 amide bonds. The minimum absolute atomic E-state index is 0.185. The van der Waals surface area contributed by atoms with E-state index in [0.717, 1.165) is 25.0 Å². The van der Waals surface area contributed by atoms with Gasteiger partial charge in [0.2, 0.25) is 16.4 Å². The van der Waals surface area contributed by atoms with Gasteiger partial charge in [-0.05, 0) is 106 Å². The van der Waals surface area contributed by atoms with E-state index in [1.54, 1.807) is 9.47 Å². The Morgan fingerprint density at radius 2 is 1.72 bits per heavy atom. The number of alkyl halides is 3. The number of amides is 2. The van der Waals surface area contributed by atoms with Gasteiger partial charge in [-0.15, -0.1) is 5.10 Å². The maximum atomic E-state index is 13.9. The molecule has 0 saturated carbocycles. The topological polar surface area (TPSA) is 111 Å². The molecule has 43 heavy (non-hydrogen) atoms. The van der Waals surface area contributed by atoms with E-state index in [1.165, 1.54) is 18.4 Å². The van der Waals surface area contributed by atoms with Crippen LogP contribution >= 0.6 is 15.9 Å². The second kappa shape index (κ2) is 10.9. The zero-order chi connectivity index (χ0) is 31.5. The second-order valence-corrected chi connectivity index (χ2v) is 13.1. The zero-order valence-corrected chi connectivity index (χ0v) is 26.3. The Bertz CT molecular complexity index is 1640. The predicted octanol–water partition coefficient (Wildman–Crippen LogP) is 5.53. The van der Waals surface area contributed by atoms with Crippen molar-refractivity contribution < 1.29 is 27.5 Å². The van der Waals surface area contributed by atoms with E-state index < -0.39 is 34.8 Å². The highest BCUT2D eigenvalue weighted by Crippen LogP contribution is 2.44. The number of halogens is 4. The fraction of sp³-hybridized carbons (Fsp3) is 0.552. The van der Waals surface area contributed by atoms with Crippen molar-refractivity contribution in [2.24, 2.45) is 0 Å². The zero-order valence-electron chi connectivity index (χ0n) is 24.7. The molecule has 1 N–H and O–H groups in total. The summed E-state index contributed by atoms with van der Waals surface area (Å²) < 4.78 is 48.5. The van der Waals surface area contributed by atoms with Crippen LogP contribution < -0.4 is 10.9 Å². The van der Waals surface area contributed by atoms with Crippen LogP contribution in [0, 0.1) is 13.8 Å². The van der Waals surface area contributed by atoms with Gasteiger partial charge in [0.25, 0.3) is 5.56 Å². The van der Waals surface area contributed by atoms with Gasteiger partial charge in [-0.1, -0.05) is 0 Å². The molecule has 0 unspecified atom stereocenters. The van der Waals surface area contributed by atoms with Crippen LogP contribution in [0.1, 0.15) is 74.4 Å². The fourth-order valence-corrected chi connectivity index (χ4v) is 6.66. The number of fused-ring (bicyclic) bond motifs is 3. The Hall–Kier alpha value is -3.42. The number of carbonyl (C=O) groups excluding carboxylic acids is 2. The SMILES string of the molecule is Cc1cc(C(F)(F)F)cc(C)c1NC(=O)Cn1c2c(c(=O)n3nc(Br)nc13)C1(CCC2)CCN(C(=O)OC(C)(C)C)CC1. The van der Waals surface area contributed by atoms with Gasteiger partial charge >= 0.3 is 12.3 Å². The monoisotopic (exact) mass is 666 g/mol. The molecular formula is C29H34BrF3N6O4. The number of anilines is 1. The lowest BCUT2D eigenvalue weighted by molar-refractivity contribution is -0.137. The maximum absolute atomic E-state index is 13.9. The standard InChI is InChI=1S/C29H34BrF3N6O4/c1-16-13-18(29(31,32)33)14-17(2)22(16)34-20(40)15-38-19-7-6-8-28(21(19)23(41)39-25(38)35-24(30)36-39)9-11-37(12-10-28)26(42)43-27(3,4)5/h13-14H,6-12,15H2,1-5H3,(H,34,40). The fourth-order valence-electron chi connectivity index (χ4n) is 6.34. The second-order valence-electron chi connectivity index (χ2n) is 12.4. The number of carbonyl (C=O) groups is 2. The number of aryl methyl sites for hydroxylation is 2. The minimum atomic E-state index is -4.50. The molecule has 1 aromatic carbocycles. The lowest BCUT2D eigenvalue weighted by Crippen LogP contribution is -2.51. The summed E-state index contributed by atoms with van der Waals surface area (Å²) in [6.45, 7) is 9.08. The Morgan fingerprint density at radius 3 is 2.30 bits per heavy atom. The largest absolute Gasteiger partial charge is 0.444 e. The van der Waals surface area contributed by atoms with Gasteiger partial charge in [0.05, 0.1) is 5.56 Å². The van der Waals surface area contributed by atoms with E-state index in [-0.39, 0.29) is 33.7 Å². The van der Waals surface area contributed by atoms with Gasteiger partial charge < -0.3 is 19.5 Å². The highest BCUT2D eigenvalue weighted by molar-refractivity contribution is 9.10. The molecule has 1 fully saturated rings. The summed E-state index contributed by atoms with van der Waals surface area (Å²) >= 11 is 3.25. The molecule has 1 aliphatic heterocycles. The van der Waals surface area contributed by atoms with Crippen molar-refractivity contribution in [3.05, 3.63) is 55.2 Å². The molecule has 232 valence electrons. The Balaban J connectivity index is 1.49. The third-order valence-corrected chi connectivity index (χ3v) is 8.56. The van der Waals surface area contributed by atoms with Gasteiger partial charge in [-0.25, -0.2) is 4.79 Å². The average Bonchev–Trinajstić information content (AvgIpc) is 3.29. The molecule has 1 spiro atoms. The molecule has 1 aliphatic carbocycles. The quantitative estimate of drug-likeness (QED) is 0.394. The van der Waals surface area contributed by atoms with Crippen LogP contribution in [-0.4, -0.2) is 54.8 Å². The van der Waals surface area contributed by atoms with Crippen LogP contribution in [0.15, 0.2) is 21.7 Å². The molecule has 2 aromatic heterocycles. The first kappa shape index (κ1) is 31.0. The third kappa shape index (κ3) is 6.02. The van der Waals surface area contributed by atoms with E-state index in [1.807, 2.05) is 20.8 Å². The molecule has 0 bridgehead atoms. The minimum Gasteiger partial charge on any atom is -0.444 e. The molecule has 10 nitrogen and oxygen atoms in total. The molecule has 14 heteroatoms. The van der Waals surface area contributed by atoms with Crippen molar-refractivity contribution in [2.45, 2.75) is 90.5 Å². The molecule has 0 atom stereocenters. The number of likely N-dealkylation sites (tertiary alicyclic amines) is 1. The van der Waals surface area contributed by atoms with Crippen LogP contribution in [-0.2, 0) is 34.1 Å². The van der Waals surface area contributed by atoms with Crippen molar-refractivity contribution >= 4 is 39.4 Å². The van der Waals surface area contributed by atoms with E-state index in [4.69, 9.17) is 4.74 Å².